The third-order valence-corrected chi connectivity index (χ3v) is 7.40. The molecule has 2 saturated heterocycles. The third kappa shape index (κ3) is 4.58. The van der Waals surface area contributed by atoms with E-state index in [2.05, 4.69) is 56.3 Å². The maximum atomic E-state index is 6.63. The number of fused-ring (bicyclic) bond motifs is 2. The van der Waals surface area contributed by atoms with Gasteiger partial charge in [0.15, 0.2) is 11.8 Å². The summed E-state index contributed by atoms with van der Waals surface area (Å²) < 4.78 is 22.6. The highest BCUT2D eigenvalue weighted by Gasteiger charge is 2.43. The van der Waals surface area contributed by atoms with Crippen LogP contribution in [0.25, 0.3) is 44.7 Å². The van der Waals surface area contributed by atoms with Crippen LogP contribution >= 0.6 is 11.6 Å². The molecule has 7 rings (SSSR count). The Hall–Kier alpha value is -4.05. The summed E-state index contributed by atoms with van der Waals surface area (Å²) in [5, 5.41) is 0.528. The number of aromatic nitrogens is 5. The molecule has 5 aromatic rings. The second kappa shape index (κ2) is 9.92. The van der Waals surface area contributed by atoms with Gasteiger partial charge >= 0.3 is 6.01 Å². The third-order valence-electron chi connectivity index (χ3n) is 7.11. The lowest BCUT2D eigenvalue weighted by Gasteiger charge is -2.15. The van der Waals surface area contributed by atoms with E-state index >= 15 is 0 Å². The van der Waals surface area contributed by atoms with E-state index < -0.39 is 0 Å². The quantitative estimate of drug-likeness (QED) is 0.307. The van der Waals surface area contributed by atoms with Gasteiger partial charge in [0.05, 0.1) is 36.1 Å². The van der Waals surface area contributed by atoms with Crippen LogP contribution in [-0.4, -0.2) is 63.6 Å². The number of rotatable bonds is 6. The van der Waals surface area contributed by atoms with Crippen LogP contribution in [0.3, 0.4) is 0 Å². The molecule has 39 heavy (non-hydrogen) atoms. The first-order valence-electron chi connectivity index (χ1n) is 12.7. The van der Waals surface area contributed by atoms with Crippen LogP contribution in [0.1, 0.15) is 6.42 Å². The molecule has 196 valence electrons. The van der Waals surface area contributed by atoms with Crippen molar-refractivity contribution in [2.24, 2.45) is 0 Å². The molecule has 2 aliphatic rings. The first-order chi connectivity index (χ1) is 19.1. The number of hydrogen-bond acceptors (Lipinski definition) is 8. The summed E-state index contributed by atoms with van der Waals surface area (Å²) in [6, 6.07) is 18.9. The monoisotopic (exact) mass is 541 g/mol. The molecule has 1 N–H and O–H groups in total. The Labute approximate surface area is 229 Å². The summed E-state index contributed by atoms with van der Waals surface area (Å²) in [6.07, 6.45) is 4.24. The van der Waals surface area contributed by atoms with Crippen molar-refractivity contribution in [1.82, 2.24) is 24.9 Å². The number of methoxy groups -OCH3 is 1. The van der Waals surface area contributed by atoms with E-state index in [1.165, 1.54) is 0 Å². The van der Waals surface area contributed by atoms with Crippen molar-refractivity contribution in [2.45, 2.75) is 24.7 Å². The molecule has 0 spiro atoms. The van der Waals surface area contributed by atoms with E-state index in [4.69, 9.17) is 35.5 Å². The Morgan fingerprint density at radius 3 is 2.23 bits per heavy atom. The van der Waals surface area contributed by atoms with Gasteiger partial charge in [0.2, 0.25) is 0 Å². The van der Waals surface area contributed by atoms with E-state index in [1.807, 2.05) is 18.2 Å². The molecular weight excluding hydrogens is 518 g/mol. The molecule has 10 heteroatoms. The second-order valence-corrected chi connectivity index (χ2v) is 9.90. The molecule has 0 amide bonds. The van der Waals surface area contributed by atoms with Crippen LogP contribution in [0.2, 0.25) is 5.02 Å². The van der Waals surface area contributed by atoms with Crippen LogP contribution in [0, 0.1) is 0 Å². The van der Waals surface area contributed by atoms with E-state index in [0.717, 1.165) is 34.2 Å². The molecule has 2 aromatic carbocycles. The smallest absolute Gasteiger partial charge is 0.316 e. The minimum Gasteiger partial charge on any atom is -0.467 e. The average molecular weight is 542 g/mol. The number of pyridine rings is 1. The maximum Gasteiger partial charge on any atom is 0.316 e. The number of nitrogens with zero attached hydrogens (tertiary/aromatic N) is 4. The van der Waals surface area contributed by atoms with Gasteiger partial charge in [0.25, 0.3) is 6.01 Å². The fourth-order valence-electron chi connectivity index (χ4n) is 5.07. The second-order valence-electron chi connectivity index (χ2n) is 9.50. The largest absolute Gasteiger partial charge is 0.467 e. The molecule has 0 bridgehead atoms. The Balaban J connectivity index is 1.09. The number of nitrogens with one attached hydrogen (secondary N) is 1. The summed E-state index contributed by atoms with van der Waals surface area (Å²) in [6.45, 7) is 1.18. The minimum atomic E-state index is -0.195. The van der Waals surface area contributed by atoms with Gasteiger partial charge in [-0.15, -0.1) is 0 Å². The van der Waals surface area contributed by atoms with Crippen LogP contribution in [0.5, 0.6) is 12.0 Å². The Morgan fingerprint density at radius 2 is 1.54 bits per heavy atom. The normalized spacial score (nSPS) is 20.3. The van der Waals surface area contributed by atoms with Gasteiger partial charge in [-0.2, -0.15) is 4.98 Å². The van der Waals surface area contributed by atoms with Gasteiger partial charge < -0.3 is 23.9 Å². The Bertz CT molecular complexity index is 1620. The van der Waals surface area contributed by atoms with Gasteiger partial charge in [-0.3, -0.25) is 0 Å². The van der Waals surface area contributed by atoms with Crippen molar-refractivity contribution in [3.05, 3.63) is 72.0 Å². The van der Waals surface area contributed by atoms with Gasteiger partial charge in [0, 0.05) is 30.1 Å². The molecule has 0 radical (unpaired) electrons. The van der Waals surface area contributed by atoms with E-state index in [1.54, 1.807) is 19.5 Å². The van der Waals surface area contributed by atoms with Crippen LogP contribution < -0.4 is 9.47 Å². The molecule has 5 heterocycles. The number of imidazole rings is 1. The number of hydrogen-bond donors (Lipinski definition) is 1. The van der Waals surface area contributed by atoms with Crippen molar-refractivity contribution >= 4 is 22.8 Å². The number of H-pyrrole nitrogens is 1. The van der Waals surface area contributed by atoms with Crippen molar-refractivity contribution in [3.8, 4) is 45.5 Å². The lowest BCUT2D eigenvalue weighted by molar-refractivity contribution is 0.0273. The summed E-state index contributed by atoms with van der Waals surface area (Å²) in [5.74, 6) is 0. The Kier molecular flexibility index (Phi) is 6.11. The zero-order valence-corrected chi connectivity index (χ0v) is 21.8. The lowest BCUT2D eigenvalue weighted by atomic mass is 10.00. The summed E-state index contributed by atoms with van der Waals surface area (Å²) in [5.41, 5.74) is 6.92. The predicted octanol–water partition coefficient (Wildman–Crippen LogP) is 5.35. The molecule has 3 unspecified atom stereocenters. The van der Waals surface area contributed by atoms with Crippen molar-refractivity contribution < 1.29 is 18.9 Å². The number of benzene rings is 2. The average Bonchev–Trinajstić information content (AvgIpc) is 3.70. The first kappa shape index (κ1) is 24.0. The van der Waals surface area contributed by atoms with Crippen LogP contribution in [0.15, 0.2) is 67.0 Å². The molecule has 0 aliphatic carbocycles. The maximum absolute atomic E-state index is 6.63. The summed E-state index contributed by atoms with van der Waals surface area (Å²) >= 11 is 6.63. The van der Waals surface area contributed by atoms with Crippen molar-refractivity contribution in [3.63, 3.8) is 0 Å². The predicted molar refractivity (Wildman–Crippen MR) is 146 cm³/mol. The lowest BCUT2D eigenvalue weighted by Crippen LogP contribution is -2.32. The van der Waals surface area contributed by atoms with Gasteiger partial charge in [-0.1, -0.05) is 60.1 Å². The Morgan fingerprint density at radius 1 is 0.872 bits per heavy atom. The van der Waals surface area contributed by atoms with Crippen molar-refractivity contribution in [2.75, 3.05) is 20.3 Å². The van der Waals surface area contributed by atoms with Gasteiger partial charge in [-0.25, -0.2) is 15.0 Å². The molecule has 3 atom stereocenters. The van der Waals surface area contributed by atoms with Gasteiger partial charge in [-0.05, 0) is 29.2 Å². The molecular formula is C29H24ClN5O4. The highest BCUT2D eigenvalue weighted by atomic mass is 35.5. The van der Waals surface area contributed by atoms with Gasteiger partial charge in [0.1, 0.15) is 6.10 Å². The molecule has 9 nitrogen and oxygen atoms in total. The summed E-state index contributed by atoms with van der Waals surface area (Å²) in [4.78, 5) is 20.8. The number of ether oxygens (including phenoxy) is 4. The first-order valence-corrected chi connectivity index (χ1v) is 13.1. The topological polar surface area (TPSA) is 104 Å². The summed E-state index contributed by atoms with van der Waals surface area (Å²) in [7, 11) is 1.55. The van der Waals surface area contributed by atoms with E-state index in [-0.39, 0.29) is 18.3 Å². The SMILES string of the molecule is COc1ncc(-c2ccc(-c3ccc(-c4nc5nc(OC6COC7CCOC76)[nH]c5cc4Cl)cc3)cc2)cn1. The van der Waals surface area contributed by atoms with E-state index in [0.29, 0.717) is 47.1 Å². The zero-order valence-electron chi connectivity index (χ0n) is 21.0. The van der Waals surface area contributed by atoms with Crippen LogP contribution in [0.4, 0.5) is 0 Å². The molecule has 2 fully saturated rings. The van der Waals surface area contributed by atoms with E-state index in [9.17, 15) is 0 Å². The number of aromatic amines is 1. The fourth-order valence-corrected chi connectivity index (χ4v) is 5.34. The minimum absolute atomic E-state index is 0.0588. The van der Waals surface area contributed by atoms with Crippen molar-refractivity contribution in [1.29, 1.82) is 0 Å². The zero-order chi connectivity index (χ0) is 26.3. The number of halogens is 1. The molecule has 2 aliphatic heterocycles. The highest BCUT2D eigenvalue weighted by Crippen LogP contribution is 2.33. The van der Waals surface area contributed by atoms with Crippen LogP contribution in [-0.2, 0) is 9.47 Å². The molecule has 0 saturated carbocycles. The molecule has 3 aromatic heterocycles. The standard InChI is InChI=1S/C29H24ClN5O4/c1-36-28-31-13-20(14-32-28)18-4-2-16(3-5-18)17-6-8-19(9-7-17)25-21(30)12-22-27(34-25)35-29(33-22)39-24-15-38-23-10-11-37-26(23)24/h2-9,12-14,23-24,26H,10-11,15H2,1H3,(H,33,34,35). The highest BCUT2D eigenvalue weighted by molar-refractivity contribution is 6.33. The fraction of sp³-hybridized carbons (Fsp3) is 0.241.